The molecule has 2 fully saturated rings. The van der Waals surface area contributed by atoms with Crippen LogP contribution in [0.15, 0.2) is 0 Å². The molecule has 2 N–H and O–H groups in total. The zero-order chi connectivity index (χ0) is 15.4. The van der Waals surface area contributed by atoms with Crippen molar-refractivity contribution in [3.63, 3.8) is 0 Å². The molecule has 0 aromatic rings. The molecule has 0 aromatic heterocycles. The average molecular weight is 332 g/mol. The largest absolute Gasteiger partial charge is 0.341 e. The molecule has 2 aliphatic rings. The van der Waals surface area contributed by atoms with Crippen molar-refractivity contribution in [3.05, 3.63) is 0 Å². The van der Waals surface area contributed by atoms with E-state index in [0.29, 0.717) is 13.1 Å². The minimum atomic E-state index is -0.240. The van der Waals surface area contributed by atoms with Crippen LogP contribution in [0.4, 0.5) is 0 Å². The zero-order valence-electron chi connectivity index (χ0n) is 13.8. The molecule has 3 unspecified atom stereocenters. The first-order chi connectivity index (χ1) is 10.1. The lowest BCUT2D eigenvalue weighted by Gasteiger charge is -2.33. The number of carbonyl (C=O) groups excluding carboxylic acids is 2. The summed E-state index contributed by atoms with van der Waals surface area (Å²) < 4.78 is 0. The normalized spacial score (nSPS) is 28.1. The number of likely N-dealkylation sites (tertiary alicyclic amines) is 1. The van der Waals surface area contributed by atoms with Crippen molar-refractivity contribution in [1.29, 1.82) is 0 Å². The van der Waals surface area contributed by atoms with Crippen LogP contribution in [0.25, 0.3) is 0 Å². The molecule has 0 aromatic carbocycles. The standard InChI is InChI=1S/C16H29N3O2.ClH/c1-3-18(4-2)16(21)14-9-6-10-19(14)15(20)12-7-5-8-13(17)11-12;/h12-14H,3-11,17H2,1-2H3;1H. The Labute approximate surface area is 140 Å². The Balaban J connectivity index is 0.00000242. The van der Waals surface area contributed by atoms with Crippen LogP contribution in [0, 0.1) is 5.92 Å². The van der Waals surface area contributed by atoms with E-state index in [2.05, 4.69) is 0 Å². The van der Waals surface area contributed by atoms with E-state index in [9.17, 15) is 9.59 Å². The van der Waals surface area contributed by atoms with Gasteiger partial charge in [-0.2, -0.15) is 0 Å². The number of rotatable bonds is 4. The van der Waals surface area contributed by atoms with Crippen LogP contribution in [0.3, 0.4) is 0 Å². The molecule has 1 aliphatic carbocycles. The summed E-state index contributed by atoms with van der Waals surface area (Å²) in [6, 6.07) is -0.0946. The number of nitrogens with zero attached hydrogens (tertiary/aromatic N) is 2. The van der Waals surface area contributed by atoms with Gasteiger partial charge in [-0.25, -0.2) is 0 Å². The maximum absolute atomic E-state index is 12.8. The Bertz CT molecular complexity index is 388. The van der Waals surface area contributed by atoms with Crippen molar-refractivity contribution in [2.75, 3.05) is 19.6 Å². The number of amides is 2. The molecule has 0 bridgehead atoms. The van der Waals surface area contributed by atoms with E-state index < -0.39 is 0 Å². The van der Waals surface area contributed by atoms with Gasteiger partial charge in [0.15, 0.2) is 0 Å². The molecule has 2 rings (SSSR count). The Morgan fingerprint density at radius 2 is 1.82 bits per heavy atom. The third-order valence-electron chi connectivity index (χ3n) is 4.96. The zero-order valence-corrected chi connectivity index (χ0v) is 14.6. The van der Waals surface area contributed by atoms with E-state index in [1.165, 1.54) is 0 Å². The molecule has 22 heavy (non-hydrogen) atoms. The van der Waals surface area contributed by atoms with Gasteiger partial charge in [-0.3, -0.25) is 9.59 Å². The maximum atomic E-state index is 12.8. The maximum Gasteiger partial charge on any atom is 0.245 e. The molecule has 1 saturated carbocycles. The van der Waals surface area contributed by atoms with Gasteiger partial charge in [0.2, 0.25) is 11.8 Å². The first kappa shape index (κ1) is 19.2. The van der Waals surface area contributed by atoms with Crippen LogP contribution in [-0.4, -0.2) is 53.3 Å². The summed E-state index contributed by atoms with van der Waals surface area (Å²) >= 11 is 0. The molecule has 128 valence electrons. The molecule has 5 nitrogen and oxygen atoms in total. The molecule has 1 saturated heterocycles. The number of likely N-dealkylation sites (N-methyl/N-ethyl adjacent to an activating group) is 1. The first-order valence-electron chi connectivity index (χ1n) is 8.43. The molecular weight excluding hydrogens is 302 g/mol. The van der Waals surface area contributed by atoms with E-state index in [1.807, 2.05) is 23.6 Å². The van der Waals surface area contributed by atoms with Gasteiger partial charge in [-0.05, 0) is 46.0 Å². The summed E-state index contributed by atoms with van der Waals surface area (Å²) in [5, 5.41) is 0. The molecule has 2 amide bonds. The Morgan fingerprint density at radius 1 is 1.14 bits per heavy atom. The first-order valence-corrected chi connectivity index (χ1v) is 8.43. The minimum Gasteiger partial charge on any atom is -0.341 e. The van der Waals surface area contributed by atoms with Crippen molar-refractivity contribution in [2.24, 2.45) is 11.7 Å². The monoisotopic (exact) mass is 331 g/mol. The third-order valence-corrected chi connectivity index (χ3v) is 4.96. The lowest BCUT2D eigenvalue weighted by atomic mass is 9.85. The molecule has 1 heterocycles. The van der Waals surface area contributed by atoms with E-state index in [1.54, 1.807) is 0 Å². The quantitative estimate of drug-likeness (QED) is 0.854. The molecule has 1 aliphatic heterocycles. The van der Waals surface area contributed by atoms with Crippen molar-refractivity contribution in [1.82, 2.24) is 9.80 Å². The summed E-state index contributed by atoms with van der Waals surface area (Å²) in [5.41, 5.74) is 6.00. The van der Waals surface area contributed by atoms with E-state index in [4.69, 9.17) is 5.73 Å². The van der Waals surface area contributed by atoms with Crippen LogP contribution < -0.4 is 5.73 Å². The molecular formula is C16H30ClN3O2. The highest BCUT2D eigenvalue weighted by Crippen LogP contribution is 2.29. The summed E-state index contributed by atoms with van der Waals surface area (Å²) in [6.45, 7) is 6.12. The van der Waals surface area contributed by atoms with Gasteiger partial charge >= 0.3 is 0 Å². The minimum absolute atomic E-state index is 0. The smallest absolute Gasteiger partial charge is 0.245 e. The van der Waals surface area contributed by atoms with Gasteiger partial charge < -0.3 is 15.5 Å². The lowest BCUT2D eigenvalue weighted by Crippen LogP contribution is -2.50. The van der Waals surface area contributed by atoms with Gasteiger partial charge in [0.25, 0.3) is 0 Å². The van der Waals surface area contributed by atoms with Gasteiger partial charge in [0.1, 0.15) is 6.04 Å². The number of hydrogen-bond acceptors (Lipinski definition) is 3. The highest BCUT2D eigenvalue weighted by molar-refractivity contribution is 5.89. The second-order valence-electron chi connectivity index (χ2n) is 6.32. The molecule has 0 radical (unpaired) electrons. The van der Waals surface area contributed by atoms with Crippen molar-refractivity contribution in [3.8, 4) is 0 Å². The molecule has 3 atom stereocenters. The highest BCUT2D eigenvalue weighted by atomic mass is 35.5. The van der Waals surface area contributed by atoms with Crippen molar-refractivity contribution < 1.29 is 9.59 Å². The third kappa shape index (κ3) is 4.13. The number of halogens is 1. The fraction of sp³-hybridized carbons (Fsp3) is 0.875. The Kier molecular flexibility index (Phi) is 7.63. The second-order valence-corrected chi connectivity index (χ2v) is 6.32. The second kappa shape index (κ2) is 8.73. The SMILES string of the molecule is CCN(CC)C(=O)C1CCCN1C(=O)C1CCCC(N)C1.Cl. The van der Waals surface area contributed by atoms with Crippen LogP contribution in [0.2, 0.25) is 0 Å². The number of carbonyl (C=O) groups is 2. The van der Waals surface area contributed by atoms with Crippen LogP contribution in [0.1, 0.15) is 52.4 Å². The van der Waals surface area contributed by atoms with E-state index in [0.717, 1.165) is 45.1 Å². The van der Waals surface area contributed by atoms with Gasteiger partial charge in [0, 0.05) is 31.6 Å². The summed E-state index contributed by atoms with van der Waals surface area (Å²) in [7, 11) is 0. The summed E-state index contributed by atoms with van der Waals surface area (Å²) in [6.07, 6.45) is 5.49. The van der Waals surface area contributed by atoms with Crippen molar-refractivity contribution >= 4 is 24.2 Å². The van der Waals surface area contributed by atoms with Crippen LogP contribution in [0.5, 0.6) is 0 Å². The number of nitrogens with two attached hydrogens (primary N) is 1. The topological polar surface area (TPSA) is 66.6 Å². The van der Waals surface area contributed by atoms with E-state index >= 15 is 0 Å². The Morgan fingerprint density at radius 3 is 2.41 bits per heavy atom. The lowest BCUT2D eigenvalue weighted by molar-refractivity contribution is -0.146. The summed E-state index contributed by atoms with van der Waals surface area (Å²) in [4.78, 5) is 29.0. The van der Waals surface area contributed by atoms with Crippen LogP contribution >= 0.6 is 12.4 Å². The highest BCUT2D eigenvalue weighted by Gasteiger charge is 2.39. The van der Waals surface area contributed by atoms with E-state index in [-0.39, 0.29) is 42.2 Å². The fourth-order valence-corrected chi connectivity index (χ4v) is 3.72. The summed E-state index contributed by atoms with van der Waals surface area (Å²) in [5.74, 6) is 0.304. The fourth-order valence-electron chi connectivity index (χ4n) is 3.72. The number of hydrogen-bond donors (Lipinski definition) is 1. The van der Waals surface area contributed by atoms with Crippen molar-refractivity contribution in [2.45, 2.75) is 64.5 Å². The Hall–Kier alpha value is -0.810. The van der Waals surface area contributed by atoms with Gasteiger partial charge in [-0.1, -0.05) is 6.42 Å². The van der Waals surface area contributed by atoms with Gasteiger partial charge in [0.05, 0.1) is 0 Å². The predicted octanol–water partition coefficient (Wildman–Crippen LogP) is 1.79. The molecule has 6 heteroatoms. The van der Waals surface area contributed by atoms with Crippen LogP contribution in [-0.2, 0) is 9.59 Å². The predicted molar refractivity (Wildman–Crippen MR) is 89.8 cm³/mol. The molecule has 0 spiro atoms. The average Bonchev–Trinajstić information content (AvgIpc) is 2.97. The van der Waals surface area contributed by atoms with Gasteiger partial charge in [-0.15, -0.1) is 12.4 Å².